The summed E-state index contributed by atoms with van der Waals surface area (Å²) in [5.74, 6) is -0.355. The SMILES string of the molecule is COc1ccc(C)cc1NC(=O)CSc1ccc(C(C)=O)cc1F. The van der Waals surface area contributed by atoms with E-state index in [0.29, 0.717) is 21.9 Å². The van der Waals surface area contributed by atoms with Gasteiger partial charge in [-0.2, -0.15) is 0 Å². The molecule has 0 aliphatic rings. The molecule has 4 nitrogen and oxygen atoms in total. The third kappa shape index (κ3) is 4.58. The molecule has 0 heterocycles. The predicted molar refractivity (Wildman–Crippen MR) is 93.5 cm³/mol. The van der Waals surface area contributed by atoms with Gasteiger partial charge in [0.25, 0.3) is 0 Å². The van der Waals surface area contributed by atoms with Gasteiger partial charge in [0.2, 0.25) is 5.91 Å². The van der Waals surface area contributed by atoms with Crippen LogP contribution in [0.3, 0.4) is 0 Å². The first-order valence-corrected chi connectivity index (χ1v) is 8.27. The average Bonchev–Trinajstić information content (AvgIpc) is 2.53. The van der Waals surface area contributed by atoms with Crippen LogP contribution in [0.2, 0.25) is 0 Å². The standard InChI is InChI=1S/C18H18FNO3S/c1-11-4-6-16(23-3)15(8-11)20-18(22)10-24-17-7-5-13(12(2)21)9-14(17)19/h4-9H,10H2,1-3H3,(H,20,22). The molecular weight excluding hydrogens is 329 g/mol. The highest BCUT2D eigenvalue weighted by atomic mass is 32.2. The van der Waals surface area contributed by atoms with Crippen LogP contribution in [0.1, 0.15) is 22.8 Å². The number of nitrogens with one attached hydrogen (secondary N) is 1. The van der Waals surface area contributed by atoms with Gasteiger partial charge in [0.05, 0.1) is 18.6 Å². The summed E-state index contributed by atoms with van der Waals surface area (Å²) in [6, 6.07) is 9.72. The fourth-order valence-corrected chi connectivity index (χ4v) is 2.81. The fraction of sp³-hybridized carbons (Fsp3) is 0.222. The van der Waals surface area contributed by atoms with Gasteiger partial charge in [0.1, 0.15) is 11.6 Å². The van der Waals surface area contributed by atoms with Crippen LogP contribution in [0.5, 0.6) is 5.75 Å². The summed E-state index contributed by atoms with van der Waals surface area (Å²) in [5, 5.41) is 2.76. The molecule has 1 N–H and O–H groups in total. The molecule has 2 rings (SSSR count). The fourth-order valence-electron chi connectivity index (χ4n) is 2.09. The average molecular weight is 347 g/mol. The van der Waals surface area contributed by atoms with E-state index in [-0.39, 0.29) is 17.4 Å². The van der Waals surface area contributed by atoms with Crippen LogP contribution in [0.15, 0.2) is 41.3 Å². The number of methoxy groups -OCH3 is 1. The lowest BCUT2D eigenvalue weighted by Gasteiger charge is -2.11. The minimum atomic E-state index is -0.506. The number of benzene rings is 2. The van der Waals surface area contributed by atoms with Gasteiger partial charge < -0.3 is 10.1 Å². The van der Waals surface area contributed by atoms with Crippen LogP contribution in [0.25, 0.3) is 0 Å². The monoisotopic (exact) mass is 347 g/mol. The Balaban J connectivity index is 2.01. The Bertz CT molecular complexity index is 777. The number of hydrogen-bond acceptors (Lipinski definition) is 4. The highest BCUT2D eigenvalue weighted by molar-refractivity contribution is 8.00. The Morgan fingerprint density at radius 2 is 1.96 bits per heavy atom. The van der Waals surface area contributed by atoms with Crippen molar-refractivity contribution in [1.82, 2.24) is 0 Å². The molecule has 126 valence electrons. The minimum absolute atomic E-state index is 0.0490. The minimum Gasteiger partial charge on any atom is -0.495 e. The summed E-state index contributed by atoms with van der Waals surface area (Å²) in [7, 11) is 1.53. The number of Topliss-reactive ketones (excluding diaryl/α,β-unsaturated/α-hetero) is 1. The number of rotatable bonds is 6. The molecule has 2 aromatic carbocycles. The molecular formula is C18H18FNO3S. The first-order chi connectivity index (χ1) is 11.4. The lowest BCUT2D eigenvalue weighted by atomic mass is 10.1. The van der Waals surface area contributed by atoms with Crippen molar-refractivity contribution in [2.24, 2.45) is 0 Å². The number of aryl methyl sites for hydroxylation is 1. The summed E-state index contributed by atoms with van der Waals surface area (Å²) < 4.78 is 19.1. The van der Waals surface area contributed by atoms with Gasteiger partial charge in [0.15, 0.2) is 5.78 Å². The molecule has 1 amide bonds. The number of ketones is 1. The van der Waals surface area contributed by atoms with E-state index in [1.807, 2.05) is 19.1 Å². The normalized spacial score (nSPS) is 10.3. The Labute approximate surface area is 144 Å². The van der Waals surface area contributed by atoms with E-state index in [4.69, 9.17) is 4.74 Å². The maximum absolute atomic E-state index is 13.9. The van der Waals surface area contributed by atoms with Gasteiger partial charge in [-0.25, -0.2) is 4.39 Å². The smallest absolute Gasteiger partial charge is 0.234 e. The molecule has 0 radical (unpaired) electrons. The first kappa shape index (κ1) is 18.0. The van der Waals surface area contributed by atoms with Gasteiger partial charge in [-0.1, -0.05) is 12.1 Å². The number of carbonyl (C=O) groups excluding carboxylic acids is 2. The second-order valence-corrected chi connectivity index (χ2v) is 6.26. The third-order valence-corrected chi connectivity index (χ3v) is 4.37. The molecule has 0 aliphatic carbocycles. The number of anilines is 1. The van der Waals surface area contributed by atoms with E-state index < -0.39 is 5.82 Å². The topological polar surface area (TPSA) is 55.4 Å². The largest absolute Gasteiger partial charge is 0.495 e. The van der Waals surface area contributed by atoms with Crippen LogP contribution in [-0.2, 0) is 4.79 Å². The van der Waals surface area contributed by atoms with Crippen molar-refractivity contribution in [2.45, 2.75) is 18.7 Å². The van der Waals surface area contributed by atoms with Crippen LogP contribution in [0.4, 0.5) is 10.1 Å². The van der Waals surface area contributed by atoms with Crippen molar-refractivity contribution in [1.29, 1.82) is 0 Å². The van der Waals surface area contributed by atoms with Crippen LogP contribution in [-0.4, -0.2) is 24.6 Å². The van der Waals surface area contributed by atoms with Crippen molar-refractivity contribution < 1.29 is 18.7 Å². The van der Waals surface area contributed by atoms with Crippen molar-refractivity contribution in [2.75, 3.05) is 18.2 Å². The maximum Gasteiger partial charge on any atom is 0.234 e. The molecule has 0 atom stereocenters. The van der Waals surface area contributed by atoms with E-state index in [2.05, 4.69) is 5.32 Å². The lowest BCUT2D eigenvalue weighted by Crippen LogP contribution is -2.15. The summed E-state index contributed by atoms with van der Waals surface area (Å²) in [5.41, 5.74) is 1.88. The molecule has 24 heavy (non-hydrogen) atoms. The zero-order chi connectivity index (χ0) is 17.7. The van der Waals surface area contributed by atoms with Gasteiger partial charge >= 0.3 is 0 Å². The van der Waals surface area contributed by atoms with Crippen LogP contribution >= 0.6 is 11.8 Å². The third-order valence-electron chi connectivity index (χ3n) is 3.33. The number of halogens is 1. The Kier molecular flexibility index (Phi) is 5.98. The summed E-state index contributed by atoms with van der Waals surface area (Å²) in [6.07, 6.45) is 0. The number of thioether (sulfide) groups is 1. The highest BCUT2D eigenvalue weighted by Crippen LogP contribution is 2.27. The molecule has 0 saturated carbocycles. The Hall–Kier alpha value is -2.34. The predicted octanol–water partition coefficient (Wildman–Crippen LogP) is 4.08. The molecule has 0 bridgehead atoms. The van der Waals surface area contributed by atoms with Gasteiger partial charge in [-0.05, 0) is 43.7 Å². The number of carbonyl (C=O) groups is 2. The molecule has 0 aromatic heterocycles. The van der Waals surface area contributed by atoms with E-state index in [9.17, 15) is 14.0 Å². The molecule has 0 saturated heterocycles. The Morgan fingerprint density at radius 1 is 1.21 bits per heavy atom. The molecule has 0 aliphatic heterocycles. The van der Waals surface area contributed by atoms with E-state index in [0.717, 1.165) is 17.3 Å². The van der Waals surface area contributed by atoms with E-state index >= 15 is 0 Å². The van der Waals surface area contributed by atoms with Crippen molar-refractivity contribution >= 4 is 29.1 Å². The molecule has 6 heteroatoms. The number of amides is 1. The Morgan fingerprint density at radius 3 is 2.58 bits per heavy atom. The lowest BCUT2D eigenvalue weighted by molar-refractivity contribution is -0.113. The molecule has 0 unspecified atom stereocenters. The summed E-state index contributed by atoms with van der Waals surface area (Å²) in [6.45, 7) is 3.29. The van der Waals surface area contributed by atoms with E-state index in [1.165, 1.54) is 26.2 Å². The second-order valence-electron chi connectivity index (χ2n) is 5.24. The number of ether oxygens (including phenoxy) is 1. The summed E-state index contributed by atoms with van der Waals surface area (Å²) in [4.78, 5) is 23.6. The van der Waals surface area contributed by atoms with Crippen molar-refractivity contribution in [3.63, 3.8) is 0 Å². The van der Waals surface area contributed by atoms with Crippen molar-refractivity contribution in [3.8, 4) is 5.75 Å². The van der Waals surface area contributed by atoms with E-state index in [1.54, 1.807) is 12.1 Å². The van der Waals surface area contributed by atoms with Crippen LogP contribution < -0.4 is 10.1 Å². The molecule has 0 fully saturated rings. The molecule has 2 aromatic rings. The van der Waals surface area contributed by atoms with Crippen molar-refractivity contribution in [3.05, 3.63) is 53.3 Å². The maximum atomic E-state index is 13.9. The van der Waals surface area contributed by atoms with Gasteiger partial charge in [-0.3, -0.25) is 9.59 Å². The first-order valence-electron chi connectivity index (χ1n) is 7.28. The second kappa shape index (κ2) is 7.97. The highest BCUT2D eigenvalue weighted by Gasteiger charge is 2.11. The van der Waals surface area contributed by atoms with Gasteiger partial charge in [-0.15, -0.1) is 11.8 Å². The summed E-state index contributed by atoms with van der Waals surface area (Å²) >= 11 is 1.07. The zero-order valence-corrected chi connectivity index (χ0v) is 14.5. The van der Waals surface area contributed by atoms with Gasteiger partial charge in [0, 0.05) is 10.5 Å². The number of hydrogen-bond donors (Lipinski definition) is 1. The van der Waals surface area contributed by atoms with Crippen LogP contribution in [0, 0.1) is 12.7 Å². The zero-order valence-electron chi connectivity index (χ0n) is 13.7. The quantitative estimate of drug-likeness (QED) is 0.632. The molecule has 0 spiro atoms.